The molecule has 2 aromatic rings. The van der Waals surface area contributed by atoms with Crippen LogP contribution < -0.4 is 5.32 Å². The van der Waals surface area contributed by atoms with E-state index in [1.807, 2.05) is 23.0 Å². The molecule has 20 heavy (non-hydrogen) atoms. The number of nitrogens with zero attached hydrogens (tertiary/aromatic N) is 2. The summed E-state index contributed by atoms with van der Waals surface area (Å²) in [6, 6.07) is 8.39. The molecular formula is C16H21N3O. The first-order chi connectivity index (χ1) is 9.63. The van der Waals surface area contributed by atoms with E-state index in [0.29, 0.717) is 11.8 Å². The van der Waals surface area contributed by atoms with E-state index in [2.05, 4.69) is 30.3 Å². The van der Waals surface area contributed by atoms with Gasteiger partial charge in [-0.3, -0.25) is 4.68 Å². The Morgan fingerprint density at radius 1 is 1.40 bits per heavy atom. The first kappa shape index (κ1) is 13.2. The summed E-state index contributed by atoms with van der Waals surface area (Å²) in [7, 11) is 0. The highest BCUT2D eigenvalue weighted by Gasteiger charge is 2.21. The summed E-state index contributed by atoms with van der Waals surface area (Å²) in [5.74, 6) is 0.338. The highest BCUT2D eigenvalue weighted by molar-refractivity contribution is 5.39. The Balaban J connectivity index is 1.83. The van der Waals surface area contributed by atoms with Gasteiger partial charge in [0.1, 0.15) is 5.75 Å². The van der Waals surface area contributed by atoms with Crippen LogP contribution in [0.1, 0.15) is 42.8 Å². The molecule has 3 rings (SSSR count). The van der Waals surface area contributed by atoms with Gasteiger partial charge in [0.05, 0.1) is 5.69 Å². The van der Waals surface area contributed by atoms with Crippen LogP contribution in [0.3, 0.4) is 0 Å². The Hall–Kier alpha value is -1.81. The zero-order valence-electron chi connectivity index (χ0n) is 12.0. The molecule has 1 unspecified atom stereocenters. The lowest BCUT2D eigenvalue weighted by Gasteiger charge is -2.26. The zero-order chi connectivity index (χ0) is 14.1. The van der Waals surface area contributed by atoms with Gasteiger partial charge in [-0.15, -0.1) is 0 Å². The van der Waals surface area contributed by atoms with Crippen molar-refractivity contribution in [3.05, 3.63) is 47.3 Å². The standard InChI is InChI=1S/C16H21N3O/c1-11(2)19-8-6-13(18-19)9-16-15-10-14(20)4-3-12(15)5-7-17-16/h3-4,6,8,10-11,16-17,20H,5,7,9H2,1-2H3. The largest absolute Gasteiger partial charge is 0.508 e. The molecule has 0 saturated carbocycles. The average Bonchev–Trinajstić information content (AvgIpc) is 2.88. The molecule has 1 aliphatic rings. The second-order valence-electron chi connectivity index (χ2n) is 5.72. The van der Waals surface area contributed by atoms with Crippen LogP contribution in [0.5, 0.6) is 5.75 Å². The fourth-order valence-corrected chi connectivity index (χ4v) is 2.79. The molecule has 2 heterocycles. The number of phenols is 1. The summed E-state index contributed by atoms with van der Waals surface area (Å²) in [5.41, 5.74) is 3.62. The van der Waals surface area contributed by atoms with E-state index in [0.717, 1.165) is 25.1 Å². The van der Waals surface area contributed by atoms with Crippen molar-refractivity contribution in [3.63, 3.8) is 0 Å². The minimum absolute atomic E-state index is 0.237. The first-order valence-electron chi connectivity index (χ1n) is 7.22. The van der Waals surface area contributed by atoms with Crippen molar-refractivity contribution in [2.75, 3.05) is 6.54 Å². The van der Waals surface area contributed by atoms with Gasteiger partial charge in [0.25, 0.3) is 0 Å². The lowest BCUT2D eigenvalue weighted by atomic mass is 9.91. The fourth-order valence-electron chi connectivity index (χ4n) is 2.79. The van der Waals surface area contributed by atoms with Crippen LogP contribution in [0, 0.1) is 0 Å². The van der Waals surface area contributed by atoms with Crippen molar-refractivity contribution >= 4 is 0 Å². The first-order valence-corrected chi connectivity index (χ1v) is 7.22. The number of rotatable bonds is 3. The Labute approximate surface area is 119 Å². The molecule has 2 N–H and O–H groups in total. The van der Waals surface area contributed by atoms with Gasteiger partial charge in [-0.05, 0) is 56.1 Å². The van der Waals surface area contributed by atoms with Crippen LogP contribution in [0.15, 0.2) is 30.5 Å². The second-order valence-corrected chi connectivity index (χ2v) is 5.72. The molecule has 1 aromatic carbocycles. The number of hydrogen-bond acceptors (Lipinski definition) is 3. The van der Waals surface area contributed by atoms with Crippen molar-refractivity contribution in [1.82, 2.24) is 15.1 Å². The molecule has 0 saturated heterocycles. The summed E-state index contributed by atoms with van der Waals surface area (Å²) in [4.78, 5) is 0. The number of aromatic hydroxyl groups is 1. The predicted molar refractivity (Wildman–Crippen MR) is 78.9 cm³/mol. The van der Waals surface area contributed by atoms with Crippen molar-refractivity contribution in [2.24, 2.45) is 0 Å². The predicted octanol–water partition coefficient (Wildman–Crippen LogP) is 2.60. The van der Waals surface area contributed by atoms with E-state index in [9.17, 15) is 5.11 Å². The third kappa shape index (κ3) is 2.56. The van der Waals surface area contributed by atoms with Crippen molar-refractivity contribution in [1.29, 1.82) is 0 Å². The molecular weight excluding hydrogens is 250 g/mol. The normalized spacial score (nSPS) is 18.2. The van der Waals surface area contributed by atoms with Crippen LogP contribution in [0.2, 0.25) is 0 Å². The summed E-state index contributed by atoms with van der Waals surface area (Å²) in [5, 5.41) is 17.8. The summed E-state index contributed by atoms with van der Waals surface area (Å²) < 4.78 is 1.99. The number of fused-ring (bicyclic) bond motifs is 1. The number of phenolic OH excluding ortho intramolecular Hbond substituents is 1. The zero-order valence-corrected chi connectivity index (χ0v) is 12.0. The lowest BCUT2D eigenvalue weighted by molar-refractivity contribution is 0.460. The van der Waals surface area contributed by atoms with Crippen LogP contribution in [-0.4, -0.2) is 21.4 Å². The molecule has 0 spiro atoms. The summed E-state index contributed by atoms with van der Waals surface area (Å²) in [6.45, 7) is 5.24. The molecule has 4 nitrogen and oxygen atoms in total. The molecule has 0 fully saturated rings. The van der Waals surface area contributed by atoms with Gasteiger partial charge >= 0.3 is 0 Å². The molecule has 4 heteroatoms. The van der Waals surface area contributed by atoms with E-state index >= 15 is 0 Å². The second kappa shape index (κ2) is 5.29. The van der Waals surface area contributed by atoms with Crippen molar-refractivity contribution < 1.29 is 5.11 Å². The maximum Gasteiger partial charge on any atom is 0.115 e. The van der Waals surface area contributed by atoms with Gasteiger partial charge in [-0.25, -0.2) is 0 Å². The molecule has 1 aliphatic heterocycles. The molecule has 0 amide bonds. The van der Waals surface area contributed by atoms with Crippen LogP contribution in [0.25, 0.3) is 0 Å². The monoisotopic (exact) mass is 271 g/mol. The molecule has 1 aromatic heterocycles. The van der Waals surface area contributed by atoms with Crippen molar-refractivity contribution in [2.45, 2.75) is 38.8 Å². The summed E-state index contributed by atoms with van der Waals surface area (Å²) in [6.07, 6.45) is 3.91. The van der Waals surface area contributed by atoms with Crippen molar-refractivity contribution in [3.8, 4) is 5.75 Å². The molecule has 1 atom stereocenters. The number of aromatic nitrogens is 2. The highest BCUT2D eigenvalue weighted by Crippen LogP contribution is 2.28. The maximum absolute atomic E-state index is 9.70. The SMILES string of the molecule is CC(C)n1ccc(CC2NCCc3ccc(O)cc32)n1. The van der Waals surface area contributed by atoms with E-state index in [1.54, 1.807) is 6.07 Å². The number of benzene rings is 1. The third-order valence-corrected chi connectivity index (χ3v) is 3.90. The molecule has 0 radical (unpaired) electrons. The van der Waals surface area contributed by atoms with Crippen LogP contribution in [-0.2, 0) is 12.8 Å². The van der Waals surface area contributed by atoms with Crippen LogP contribution in [0.4, 0.5) is 0 Å². The fraction of sp³-hybridized carbons (Fsp3) is 0.438. The Bertz CT molecular complexity index is 604. The lowest BCUT2D eigenvalue weighted by Crippen LogP contribution is -2.31. The smallest absolute Gasteiger partial charge is 0.115 e. The topological polar surface area (TPSA) is 50.1 Å². The van der Waals surface area contributed by atoms with Gasteiger partial charge in [-0.1, -0.05) is 6.07 Å². The average molecular weight is 271 g/mol. The highest BCUT2D eigenvalue weighted by atomic mass is 16.3. The minimum Gasteiger partial charge on any atom is -0.508 e. The maximum atomic E-state index is 9.70. The van der Waals surface area contributed by atoms with Gasteiger partial charge in [-0.2, -0.15) is 5.10 Å². The van der Waals surface area contributed by atoms with E-state index in [-0.39, 0.29) is 6.04 Å². The minimum atomic E-state index is 0.237. The van der Waals surface area contributed by atoms with Gasteiger partial charge in [0.2, 0.25) is 0 Å². The molecule has 106 valence electrons. The Kier molecular flexibility index (Phi) is 3.49. The number of hydrogen-bond donors (Lipinski definition) is 2. The quantitative estimate of drug-likeness (QED) is 0.902. The Morgan fingerprint density at radius 3 is 3.00 bits per heavy atom. The Morgan fingerprint density at radius 2 is 2.25 bits per heavy atom. The van der Waals surface area contributed by atoms with E-state index in [1.165, 1.54) is 11.1 Å². The van der Waals surface area contributed by atoms with E-state index < -0.39 is 0 Å². The van der Waals surface area contributed by atoms with Crippen LogP contribution >= 0.6 is 0 Å². The third-order valence-electron chi connectivity index (χ3n) is 3.90. The van der Waals surface area contributed by atoms with Gasteiger partial charge in [0.15, 0.2) is 0 Å². The molecule has 0 aliphatic carbocycles. The van der Waals surface area contributed by atoms with E-state index in [4.69, 9.17) is 0 Å². The summed E-state index contributed by atoms with van der Waals surface area (Å²) >= 11 is 0. The molecule has 0 bridgehead atoms. The van der Waals surface area contributed by atoms with Gasteiger partial charge in [0, 0.05) is 24.7 Å². The number of nitrogens with one attached hydrogen (secondary N) is 1. The van der Waals surface area contributed by atoms with Gasteiger partial charge < -0.3 is 10.4 Å².